The topological polar surface area (TPSA) is 49.5 Å². The molecule has 3 heteroatoms. The molecule has 1 heterocycles. The summed E-state index contributed by atoms with van der Waals surface area (Å²) in [6.07, 6.45) is 4.77. The van der Waals surface area contributed by atoms with Gasteiger partial charge in [0, 0.05) is 11.6 Å². The van der Waals surface area contributed by atoms with Crippen molar-refractivity contribution in [3.63, 3.8) is 0 Å². The van der Waals surface area contributed by atoms with Gasteiger partial charge in [-0.3, -0.25) is 4.90 Å². The third-order valence-corrected chi connectivity index (χ3v) is 4.47. The maximum Gasteiger partial charge on any atom is 0.115 e. The number of phenols is 1. The fourth-order valence-electron chi connectivity index (χ4n) is 2.84. The summed E-state index contributed by atoms with van der Waals surface area (Å²) in [6.45, 7) is 6.83. The maximum atomic E-state index is 9.32. The van der Waals surface area contributed by atoms with Crippen LogP contribution in [0.4, 0.5) is 0 Å². The van der Waals surface area contributed by atoms with E-state index in [0.29, 0.717) is 5.75 Å². The van der Waals surface area contributed by atoms with Crippen LogP contribution in [0.2, 0.25) is 0 Å². The van der Waals surface area contributed by atoms with Gasteiger partial charge in [0.05, 0.1) is 0 Å². The smallest absolute Gasteiger partial charge is 0.115 e. The van der Waals surface area contributed by atoms with Crippen molar-refractivity contribution in [3.05, 3.63) is 29.8 Å². The van der Waals surface area contributed by atoms with Crippen LogP contribution in [0, 0.1) is 0 Å². The van der Waals surface area contributed by atoms with E-state index in [1.807, 2.05) is 12.1 Å². The van der Waals surface area contributed by atoms with Crippen molar-refractivity contribution < 1.29 is 5.11 Å². The molecule has 3 N–H and O–H groups in total. The summed E-state index contributed by atoms with van der Waals surface area (Å²) in [4.78, 5) is 2.53. The maximum absolute atomic E-state index is 9.32. The molecule has 0 saturated carbocycles. The van der Waals surface area contributed by atoms with Crippen LogP contribution in [-0.2, 0) is 6.42 Å². The normalized spacial score (nSPS) is 19.3. The lowest BCUT2D eigenvalue weighted by atomic mass is 9.87. The second kappa shape index (κ2) is 5.93. The van der Waals surface area contributed by atoms with Crippen molar-refractivity contribution in [2.45, 2.75) is 51.1 Å². The minimum absolute atomic E-state index is 0.0261. The van der Waals surface area contributed by atoms with Crippen LogP contribution in [0.1, 0.15) is 38.7 Å². The van der Waals surface area contributed by atoms with E-state index in [1.165, 1.54) is 24.8 Å². The van der Waals surface area contributed by atoms with E-state index in [2.05, 4.69) is 18.7 Å². The SMILES string of the molecule is CC(C)(C(N)Cc1ccc(O)cc1)N1CCCCC1. The Balaban J connectivity index is 2.00. The fraction of sp³-hybridized carbons (Fsp3) is 0.625. The first-order chi connectivity index (χ1) is 9.00. The van der Waals surface area contributed by atoms with Gasteiger partial charge in [0.25, 0.3) is 0 Å². The summed E-state index contributed by atoms with van der Waals surface area (Å²) >= 11 is 0. The second-order valence-electron chi connectivity index (χ2n) is 6.18. The lowest BCUT2D eigenvalue weighted by Crippen LogP contribution is -2.58. The Labute approximate surface area is 116 Å². The number of hydrogen-bond acceptors (Lipinski definition) is 3. The standard InChI is InChI=1S/C16H26N2O/c1-16(2,18-10-4-3-5-11-18)15(17)12-13-6-8-14(19)9-7-13/h6-9,15,19H,3-5,10-12,17H2,1-2H3. The van der Waals surface area contributed by atoms with Gasteiger partial charge in [-0.05, 0) is 63.9 Å². The Bertz CT molecular complexity index is 394. The Morgan fingerprint density at radius 3 is 2.32 bits per heavy atom. The average Bonchev–Trinajstić information content (AvgIpc) is 2.42. The molecule has 2 rings (SSSR count). The van der Waals surface area contributed by atoms with Crippen molar-refractivity contribution >= 4 is 0 Å². The van der Waals surface area contributed by atoms with Crippen LogP contribution in [0.25, 0.3) is 0 Å². The van der Waals surface area contributed by atoms with Gasteiger partial charge in [-0.2, -0.15) is 0 Å². The van der Waals surface area contributed by atoms with Crippen molar-refractivity contribution in [1.82, 2.24) is 4.90 Å². The van der Waals surface area contributed by atoms with Crippen molar-refractivity contribution in [1.29, 1.82) is 0 Å². The zero-order chi connectivity index (χ0) is 13.9. The molecule has 0 spiro atoms. The molecule has 1 unspecified atom stereocenters. The number of nitrogens with zero attached hydrogens (tertiary/aromatic N) is 1. The van der Waals surface area contributed by atoms with Crippen LogP contribution < -0.4 is 5.73 Å². The molecule has 106 valence electrons. The molecule has 0 aromatic heterocycles. The van der Waals surface area contributed by atoms with Crippen molar-refractivity contribution in [2.75, 3.05) is 13.1 Å². The minimum Gasteiger partial charge on any atom is -0.508 e. The first kappa shape index (κ1) is 14.4. The quantitative estimate of drug-likeness (QED) is 0.876. The largest absolute Gasteiger partial charge is 0.508 e. The highest BCUT2D eigenvalue weighted by atomic mass is 16.3. The van der Waals surface area contributed by atoms with Crippen molar-refractivity contribution in [2.24, 2.45) is 5.73 Å². The molecule has 0 bridgehead atoms. The van der Waals surface area contributed by atoms with E-state index in [0.717, 1.165) is 19.5 Å². The number of nitrogens with two attached hydrogens (primary N) is 1. The molecule has 19 heavy (non-hydrogen) atoms. The van der Waals surface area contributed by atoms with E-state index in [1.54, 1.807) is 12.1 Å². The predicted molar refractivity (Wildman–Crippen MR) is 79.3 cm³/mol. The van der Waals surface area contributed by atoms with Crippen LogP contribution in [0.3, 0.4) is 0 Å². The van der Waals surface area contributed by atoms with E-state index >= 15 is 0 Å². The number of hydrogen-bond donors (Lipinski definition) is 2. The van der Waals surface area contributed by atoms with Gasteiger partial charge in [-0.15, -0.1) is 0 Å². The average molecular weight is 262 g/mol. The van der Waals surface area contributed by atoms with Gasteiger partial charge in [-0.1, -0.05) is 18.6 Å². The fourth-order valence-corrected chi connectivity index (χ4v) is 2.84. The minimum atomic E-state index is 0.0261. The number of piperidine rings is 1. The zero-order valence-electron chi connectivity index (χ0n) is 12.1. The first-order valence-electron chi connectivity index (χ1n) is 7.28. The Hall–Kier alpha value is -1.06. The lowest BCUT2D eigenvalue weighted by Gasteiger charge is -2.44. The molecule has 1 aromatic carbocycles. The molecular formula is C16H26N2O. The molecule has 0 radical (unpaired) electrons. The Morgan fingerprint density at radius 1 is 1.16 bits per heavy atom. The summed E-state index contributed by atoms with van der Waals surface area (Å²) < 4.78 is 0. The van der Waals surface area contributed by atoms with E-state index in [4.69, 9.17) is 5.73 Å². The molecule has 3 nitrogen and oxygen atoms in total. The highest BCUT2D eigenvalue weighted by molar-refractivity contribution is 5.26. The number of likely N-dealkylation sites (tertiary alicyclic amines) is 1. The third kappa shape index (κ3) is 3.48. The molecule has 1 atom stereocenters. The molecule has 0 amide bonds. The van der Waals surface area contributed by atoms with E-state index in [9.17, 15) is 5.11 Å². The summed E-state index contributed by atoms with van der Waals surface area (Å²) in [5.74, 6) is 0.313. The summed E-state index contributed by atoms with van der Waals surface area (Å²) in [5.41, 5.74) is 7.66. The molecular weight excluding hydrogens is 236 g/mol. The van der Waals surface area contributed by atoms with Gasteiger partial charge in [0.15, 0.2) is 0 Å². The molecule has 1 aliphatic heterocycles. The summed E-state index contributed by atoms with van der Waals surface area (Å²) in [5, 5.41) is 9.32. The predicted octanol–water partition coefficient (Wildman–Crippen LogP) is 2.53. The summed E-state index contributed by atoms with van der Waals surface area (Å²) in [7, 11) is 0. The Morgan fingerprint density at radius 2 is 1.74 bits per heavy atom. The molecule has 1 saturated heterocycles. The molecule has 1 aliphatic rings. The van der Waals surface area contributed by atoms with Crippen LogP contribution in [0.15, 0.2) is 24.3 Å². The first-order valence-corrected chi connectivity index (χ1v) is 7.28. The van der Waals surface area contributed by atoms with Crippen molar-refractivity contribution in [3.8, 4) is 5.75 Å². The van der Waals surface area contributed by atoms with Gasteiger partial charge >= 0.3 is 0 Å². The number of aromatic hydroxyl groups is 1. The van der Waals surface area contributed by atoms with Gasteiger partial charge in [-0.25, -0.2) is 0 Å². The summed E-state index contributed by atoms with van der Waals surface area (Å²) in [6, 6.07) is 7.49. The lowest BCUT2D eigenvalue weighted by molar-refractivity contribution is 0.0731. The Kier molecular flexibility index (Phi) is 4.48. The number of benzene rings is 1. The highest BCUT2D eigenvalue weighted by Crippen LogP contribution is 2.25. The van der Waals surface area contributed by atoms with Crippen LogP contribution in [-0.4, -0.2) is 34.7 Å². The van der Waals surface area contributed by atoms with Crippen LogP contribution >= 0.6 is 0 Å². The second-order valence-corrected chi connectivity index (χ2v) is 6.18. The zero-order valence-corrected chi connectivity index (χ0v) is 12.1. The van der Waals surface area contributed by atoms with Crippen LogP contribution in [0.5, 0.6) is 5.75 Å². The number of rotatable bonds is 4. The number of phenolic OH excluding ortho intramolecular Hbond substituents is 1. The highest BCUT2D eigenvalue weighted by Gasteiger charge is 2.33. The van der Waals surface area contributed by atoms with Gasteiger partial charge in [0.1, 0.15) is 5.75 Å². The third-order valence-electron chi connectivity index (χ3n) is 4.47. The van der Waals surface area contributed by atoms with Gasteiger partial charge < -0.3 is 10.8 Å². The molecule has 1 aromatic rings. The molecule has 0 aliphatic carbocycles. The molecule has 1 fully saturated rings. The van der Waals surface area contributed by atoms with E-state index < -0.39 is 0 Å². The monoisotopic (exact) mass is 262 g/mol. The van der Waals surface area contributed by atoms with E-state index in [-0.39, 0.29) is 11.6 Å². The van der Waals surface area contributed by atoms with Gasteiger partial charge in [0.2, 0.25) is 0 Å².